The van der Waals surface area contributed by atoms with Crippen LogP contribution in [-0.2, 0) is 4.79 Å². The van der Waals surface area contributed by atoms with Gasteiger partial charge in [0, 0.05) is 38.5 Å². The van der Waals surface area contributed by atoms with E-state index < -0.39 is 0 Å². The Morgan fingerprint density at radius 3 is 2.18 bits per heavy atom. The molecule has 2 saturated heterocycles. The Bertz CT molecular complexity index is 188. The van der Waals surface area contributed by atoms with E-state index in [1.54, 1.807) is 6.92 Å². The molecule has 11 heavy (non-hydrogen) atoms. The van der Waals surface area contributed by atoms with Crippen LogP contribution >= 0.6 is 0 Å². The quantitative estimate of drug-likeness (QED) is 0.481. The highest BCUT2D eigenvalue weighted by Crippen LogP contribution is 2.38. The Hall–Kier alpha value is -0.570. The van der Waals surface area contributed by atoms with Gasteiger partial charge < -0.3 is 9.80 Å². The van der Waals surface area contributed by atoms with Crippen LogP contribution in [0.2, 0.25) is 0 Å². The molecule has 2 fully saturated rings. The SMILES string of the molecule is CC(=O)N1CC2(CN(C)C2)C1. The van der Waals surface area contributed by atoms with Crippen molar-refractivity contribution in [3.8, 4) is 0 Å². The third-order valence-corrected chi connectivity index (χ3v) is 2.71. The summed E-state index contributed by atoms with van der Waals surface area (Å²) in [5, 5.41) is 0. The first-order valence-corrected chi connectivity index (χ1v) is 4.05. The van der Waals surface area contributed by atoms with Crippen LogP contribution in [0.5, 0.6) is 0 Å². The Balaban J connectivity index is 1.84. The first kappa shape index (κ1) is 7.10. The average Bonchev–Trinajstić information content (AvgIpc) is 1.73. The predicted molar refractivity (Wildman–Crippen MR) is 42.2 cm³/mol. The van der Waals surface area contributed by atoms with Crippen molar-refractivity contribution in [3.63, 3.8) is 0 Å². The number of amides is 1. The molecule has 0 aromatic heterocycles. The van der Waals surface area contributed by atoms with Gasteiger partial charge in [0.15, 0.2) is 0 Å². The molecule has 0 saturated carbocycles. The van der Waals surface area contributed by atoms with Gasteiger partial charge in [-0.1, -0.05) is 0 Å². The van der Waals surface area contributed by atoms with Crippen molar-refractivity contribution in [2.24, 2.45) is 5.41 Å². The van der Waals surface area contributed by atoms with E-state index in [-0.39, 0.29) is 5.91 Å². The normalized spacial score (nSPS) is 28.0. The van der Waals surface area contributed by atoms with E-state index in [4.69, 9.17) is 0 Å². The van der Waals surface area contributed by atoms with Crippen LogP contribution in [0.3, 0.4) is 0 Å². The van der Waals surface area contributed by atoms with Gasteiger partial charge in [0.2, 0.25) is 5.91 Å². The monoisotopic (exact) mass is 154 g/mol. The van der Waals surface area contributed by atoms with Crippen molar-refractivity contribution in [3.05, 3.63) is 0 Å². The molecule has 1 spiro atoms. The standard InChI is InChI=1S/C8H14N2O/c1-7(11)10-5-8(6-10)3-9(2)4-8/h3-6H2,1-2H3. The van der Waals surface area contributed by atoms with Crippen molar-refractivity contribution in [2.75, 3.05) is 33.2 Å². The zero-order valence-corrected chi connectivity index (χ0v) is 7.13. The fraction of sp³-hybridized carbons (Fsp3) is 0.875. The Kier molecular flexibility index (Phi) is 1.27. The average molecular weight is 154 g/mol. The summed E-state index contributed by atoms with van der Waals surface area (Å²) < 4.78 is 0. The Labute approximate surface area is 67.0 Å². The molecule has 1 amide bonds. The maximum atomic E-state index is 10.8. The smallest absolute Gasteiger partial charge is 0.219 e. The second-order valence-electron chi connectivity index (χ2n) is 4.05. The molecule has 0 aromatic rings. The number of likely N-dealkylation sites (tertiary alicyclic amines) is 2. The number of nitrogens with zero attached hydrogens (tertiary/aromatic N) is 2. The van der Waals surface area contributed by atoms with Crippen molar-refractivity contribution in [2.45, 2.75) is 6.92 Å². The summed E-state index contributed by atoms with van der Waals surface area (Å²) in [5.74, 6) is 0.227. The van der Waals surface area contributed by atoms with Gasteiger partial charge in [-0.2, -0.15) is 0 Å². The highest BCUT2D eigenvalue weighted by atomic mass is 16.2. The lowest BCUT2D eigenvalue weighted by Crippen LogP contribution is -2.71. The van der Waals surface area contributed by atoms with E-state index in [0.29, 0.717) is 5.41 Å². The summed E-state index contributed by atoms with van der Waals surface area (Å²) in [6.07, 6.45) is 0. The first-order valence-electron chi connectivity index (χ1n) is 4.05. The second-order valence-corrected chi connectivity index (χ2v) is 4.05. The maximum Gasteiger partial charge on any atom is 0.219 e. The summed E-state index contributed by atoms with van der Waals surface area (Å²) in [5.41, 5.74) is 0.500. The van der Waals surface area contributed by atoms with Gasteiger partial charge in [0.25, 0.3) is 0 Å². The third-order valence-electron chi connectivity index (χ3n) is 2.71. The number of carbonyl (C=O) groups excluding carboxylic acids is 1. The number of hydrogen-bond donors (Lipinski definition) is 0. The summed E-state index contributed by atoms with van der Waals surface area (Å²) in [6, 6.07) is 0. The molecule has 2 aliphatic heterocycles. The zero-order chi connectivity index (χ0) is 8.06. The van der Waals surface area contributed by atoms with E-state index in [9.17, 15) is 4.79 Å². The van der Waals surface area contributed by atoms with E-state index in [2.05, 4.69) is 11.9 Å². The molecule has 3 nitrogen and oxygen atoms in total. The van der Waals surface area contributed by atoms with Crippen molar-refractivity contribution in [1.82, 2.24) is 9.80 Å². The molecule has 0 atom stereocenters. The minimum atomic E-state index is 0.227. The second kappa shape index (κ2) is 1.97. The topological polar surface area (TPSA) is 23.6 Å². The number of rotatable bonds is 0. The molecular formula is C8H14N2O. The van der Waals surface area contributed by atoms with Crippen LogP contribution in [0.1, 0.15) is 6.92 Å². The van der Waals surface area contributed by atoms with Gasteiger partial charge in [-0.3, -0.25) is 4.79 Å². The molecule has 0 radical (unpaired) electrons. The minimum Gasteiger partial charge on any atom is -0.341 e. The molecule has 0 bridgehead atoms. The van der Waals surface area contributed by atoms with Crippen LogP contribution in [0.15, 0.2) is 0 Å². The van der Waals surface area contributed by atoms with Crippen molar-refractivity contribution >= 4 is 5.91 Å². The Morgan fingerprint density at radius 2 is 1.82 bits per heavy atom. The molecule has 0 aromatic carbocycles. The lowest BCUT2D eigenvalue weighted by molar-refractivity contribution is -0.154. The van der Waals surface area contributed by atoms with Crippen LogP contribution in [0.25, 0.3) is 0 Å². The highest BCUT2D eigenvalue weighted by Gasteiger charge is 2.50. The molecule has 2 aliphatic rings. The van der Waals surface area contributed by atoms with Crippen LogP contribution < -0.4 is 0 Å². The van der Waals surface area contributed by atoms with Gasteiger partial charge in [0.05, 0.1) is 0 Å². The van der Waals surface area contributed by atoms with E-state index in [0.717, 1.165) is 13.1 Å². The molecule has 0 N–H and O–H groups in total. The first-order chi connectivity index (χ1) is 5.11. The summed E-state index contributed by atoms with van der Waals surface area (Å²) in [7, 11) is 2.13. The van der Waals surface area contributed by atoms with Gasteiger partial charge >= 0.3 is 0 Å². The lowest BCUT2D eigenvalue weighted by atomic mass is 9.73. The van der Waals surface area contributed by atoms with Gasteiger partial charge in [-0.05, 0) is 7.05 Å². The van der Waals surface area contributed by atoms with Crippen LogP contribution in [0, 0.1) is 5.41 Å². The summed E-state index contributed by atoms with van der Waals surface area (Å²) in [6.45, 7) is 5.99. The number of carbonyl (C=O) groups is 1. The summed E-state index contributed by atoms with van der Waals surface area (Å²) in [4.78, 5) is 15.1. The predicted octanol–water partition coefficient (Wildman–Crippen LogP) is -0.220. The largest absolute Gasteiger partial charge is 0.341 e. The molecule has 3 heteroatoms. The van der Waals surface area contributed by atoms with Crippen LogP contribution in [0.4, 0.5) is 0 Å². The van der Waals surface area contributed by atoms with E-state index >= 15 is 0 Å². The molecule has 2 rings (SSSR count). The fourth-order valence-electron chi connectivity index (χ4n) is 2.28. The van der Waals surface area contributed by atoms with E-state index in [1.807, 2.05) is 4.90 Å². The molecule has 0 unspecified atom stereocenters. The molecular weight excluding hydrogens is 140 g/mol. The molecule has 0 aliphatic carbocycles. The third kappa shape index (κ3) is 0.948. The highest BCUT2D eigenvalue weighted by molar-refractivity contribution is 5.74. The minimum absolute atomic E-state index is 0.227. The number of hydrogen-bond acceptors (Lipinski definition) is 2. The summed E-state index contributed by atoms with van der Waals surface area (Å²) >= 11 is 0. The van der Waals surface area contributed by atoms with Gasteiger partial charge in [-0.25, -0.2) is 0 Å². The zero-order valence-electron chi connectivity index (χ0n) is 7.13. The molecule has 62 valence electrons. The molecule has 2 heterocycles. The fourth-order valence-corrected chi connectivity index (χ4v) is 2.28. The Morgan fingerprint density at radius 1 is 1.27 bits per heavy atom. The van der Waals surface area contributed by atoms with Crippen molar-refractivity contribution < 1.29 is 4.79 Å². The maximum absolute atomic E-state index is 10.8. The van der Waals surface area contributed by atoms with Crippen molar-refractivity contribution in [1.29, 1.82) is 0 Å². The van der Waals surface area contributed by atoms with Crippen LogP contribution in [-0.4, -0.2) is 48.9 Å². The van der Waals surface area contributed by atoms with Gasteiger partial charge in [0.1, 0.15) is 0 Å². The lowest BCUT2D eigenvalue weighted by Gasteiger charge is -2.59. The van der Waals surface area contributed by atoms with Gasteiger partial charge in [-0.15, -0.1) is 0 Å². The van der Waals surface area contributed by atoms with E-state index in [1.165, 1.54) is 13.1 Å².